The van der Waals surface area contributed by atoms with Crippen molar-refractivity contribution in [2.24, 2.45) is 5.73 Å². The van der Waals surface area contributed by atoms with E-state index in [1.54, 1.807) is 0 Å². The fourth-order valence-electron chi connectivity index (χ4n) is 2.02. The van der Waals surface area contributed by atoms with E-state index >= 15 is 0 Å². The summed E-state index contributed by atoms with van der Waals surface area (Å²) in [4.78, 5) is 11.5. The second-order valence-corrected chi connectivity index (χ2v) is 5.21. The van der Waals surface area contributed by atoms with Crippen molar-refractivity contribution < 1.29 is 4.79 Å². The Morgan fingerprint density at radius 3 is 2.47 bits per heavy atom. The van der Waals surface area contributed by atoms with Gasteiger partial charge in [-0.05, 0) is 37.7 Å². The van der Waals surface area contributed by atoms with Crippen LogP contribution in [0.5, 0.6) is 0 Å². The Labute approximate surface area is 121 Å². The molecule has 4 heteroatoms. The van der Waals surface area contributed by atoms with Crippen LogP contribution in [0.25, 0.3) is 0 Å². The summed E-state index contributed by atoms with van der Waals surface area (Å²) in [5.74, 6) is 0.0329. The number of aryl methyl sites for hydroxylation is 1. The minimum absolute atomic E-state index is 0. The second-order valence-electron chi connectivity index (χ2n) is 5.21. The number of rotatable bonds is 7. The zero-order valence-electron chi connectivity index (χ0n) is 11.2. The number of unbranched alkanes of at least 4 members (excludes halogenated alkanes) is 2. The number of carbonyl (C=O) groups is 1. The van der Waals surface area contributed by atoms with Crippen molar-refractivity contribution in [3.05, 3.63) is 35.9 Å². The van der Waals surface area contributed by atoms with Gasteiger partial charge in [0.15, 0.2) is 0 Å². The normalized spacial score (nSPS) is 15.4. The van der Waals surface area contributed by atoms with Gasteiger partial charge >= 0.3 is 0 Å². The SMILES string of the molecule is Cl.NC1(C(=O)NCCCCCc2ccccc2)CC1. The van der Waals surface area contributed by atoms with Crippen LogP contribution in [0, 0.1) is 0 Å². The maximum Gasteiger partial charge on any atom is 0.240 e. The van der Waals surface area contributed by atoms with Crippen LogP contribution in [0.1, 0.15) is 37.7 Å². The Hall–Kier alpha value is -1.06. The van der Waals surface area contributed by atoms with Crippen LogP contribution >= 0.6 is 12.4 Å². The van der Waals surface area contributed by atoms with Gasteiger partial charge in [0.05, 0.1) is 5.54 Å². The zero-order valence-corrected chi connectivity index (χ0v) is 12.0. The van der Waals surface area contributed by atoms with Crippen molar-refractivity contribution in [3.8, 4) is 0 Å². The van der Waals surface area contributed by atoms with Gasteiger partial charge in [-0.15, -0.1) is 12.4 Å². The number of nitrogens with one attached hydrogen (secondary N) is 1. The summed E-state index contributed by atoms with van der Waals surface area (Å²) in [7, 11) is 0. The quantitative estimate of drug-likeness (QED) is 0.755. The van der Waals surface area contributed by atoms with Gasteiger partial charge < -0.3 is 11.1 Å². The van der Waals surface area contributed by atoms with Gasteiger partial charge in [0.1, 0.15) is 0 Å². The molecule has 19 heavy (non-hydrogen) atoms. The first kappa shape index (κ1) is 16.0. The Morgan fingerprint density at radius 2 is 1.84 bits per heavy atom. The second kappa shape index (κ2) is 7.51. The molecule has 1 aromatic rings. The summed E-state index contributed by atoms with van der Waals surface area (Å²) in [6, 6.07) is 10.5. The van der Waals surface area contributed by atoms with Crippen LogP contribution in [0.4, 0.5) is 0 Å². The molecule has 0 aliphatic heterocycles. The molecule has 1 aromatic carbocycles. The molecular weight excluding hydrogens is 260 g/mol. The fraction of sp³-hybridized carbons (Fsp3) is 0.533. The predicted molar refractivity (Wildman–Crippen MR) is 80.4 cm³/mol. The summed E-state index contributed by atoms with van der Waals surface area (Å²) in [6.45, 7) is 0.757. The van der Waals surface area contributed by atoms with E-state index in [0.29, 0.717) is 0 Å². The first-order chi connectivity index (χ1) is 8.71. The van der Waals surface area contributed by atoms with E-state index < -0.39 is 5.54 Å². The van der Waals surface area contributed by atoms with Crippen molar-refractivity contribution >= 4 is 18.3 Å². The van der Waals surface area contributed by atoms with Crippen LogP contribution in [0.15, 0.2) is 30.3 Å². The van der Waals surface area contributed by atoms with Crippen molar-refractivity contribution in [2.75, 3.05) is 6.54 Å². The number of nitrogens with two attached hydrogens (primary N) is 1. The number of amides is 1. The molecule has 1 aliphatic rings. The zero-order chi connectivity index (χ0) is 12.8. The number of hydrogen-bond acceptors (Lipinski definition) is 2. The predicted octanol–water partition coefficient (Wildman–Crippen LogP) is 2.43. The molecule has 106 valence electrons. The first-order valence-electron chi connectivity index (χ1n) is 6.82. The van der Waals surface area contributed by atoms with Gasteiger partial charge in [0.2, 0.25) is 5.91 Å². The summed E-state index contributed by atoms with van der Waals surface area (Å²) >= 11 is 0. The molecule has 0 spiro atoms. The lowest BCUT2D eigenvalue weighted by atomic mass is 10.1. The Bertz CT molecular complexity index is 390. The number of hydrogen-bond donors (Lipinski definition) is 2. The van der Waals surface area contributed by atoms with E-state index in [-0.39, 0.29) is 18.3 Å². The average Bonchev–Trinajstić information content (AvgIpc) is 3.14. The van der Waals surface area contributed by atoms with E-state index in [9.17, 15) is 4.79 Å². The smallest absolute Gasteiger partial charge is 0.240 e. The molecule has 0 saturated heterocycles. The number of halogens is 1. The van der Waals surface area contributed by atoms with Gasteiger partial charge in [-0.2, -0.15) is 0 Å². The third-order valence-corrected chi connectivity index (χ3v) is 3.51. The lowest BCUT2D eigenvalue weighted by Gasteiger charge is -2.09. The van der Waals surface area contributed by atoms with Gasteiger partial charge in [0.25, 0.3) is 0 Å². The molecule has 1 amide bonds. The van der Waals surface area contributed by atoms with E-state index in [1.807, 2.05) is 6.07 Å². The van der Waals surface area contributed by atoms with E-state index in [4.69, 9.17) is 5.73 Å². The molecule has 1 aliphatic carbocycles. The van der Waals surface area contributed by atoms with Gasteiger partial charge in [-0.25, -0.2) is 0 Å². The molecule has 2 rings (SSSR count). The standard InChI is InChI=1S/C15H22N2O.ClH/c16-15(10-11-15)14(18)17-12-6-2-5-9-13-7-3-1-4-8-13;/h1,3-4,7-8H,2,5-6,9-12,16H2,(H,17,18);1H. The molecule has 1 saturated carbocycles. The van der Waals surface area contributed by atoms with Crippen LogP contribution in [0.3, 0.4) is 0 Å². The highest BCUT2D eigenvalue weighted by Gasteiger charge is 2.45. The van der Waals surface area contributed by atoms with Crippen molar-refractivity contribution in [3.63, 3.8) is 0 Å². The highest BCUT2D eigenvalue weighted by atomic mass is 35.5. The molecule has 0 bridgehead atoms. The van der Waals surface area contributed by atoms with Crippen LogP contribution in [0.2, 0.25) is 0 Å². The number of benzene rings is 1. The summed E-state index contributed by atoms with van der Waals surface area (Å²) < 4.78 is 0. The van der Waals surface area contributed by atoms with Gasteiger partial charge in [-0.1, -0.05) is 36.8 Å². The van der Waals surface area contributed by atoms with Crippen molar-refractivity contribution in [1.29, 1.82) is 0 Å². The van der Waals surface area contributed by atoms with Gasteiger partial charge in [0, 0.05) is 6.54 Å². The minimum Gasteiger partial charge on any atom is -0.355 e. The molecule has 0 atom stereocenters. The third-order valence-electron chi connectivity index (χ3n) is 3.51. The van der Waals surface area contributed by atoms with Crippen molar-refractivity contribution in [2.45, 2.75) is 44.1 Å². The molecule has 3 nitrogen and oxygen atoms in total. The first-order valence-corrected chi connectivity index (χ1v) is 6.82. The molecular formula is C15H23ClN2O. The summed E-state index contributed by atoms with van der Waals surface area (Å²) in [5.41, 5.74) is 6.66. The maximum absolute atomic E-state index is 11.5. The van der Waals surface area contributed by atoms with Crippen molar-refractivity contribution in [1.82, 2.24) is 5.32 Å². The number of carbonyl (C=O) groups excluding carboxylic acids is 1. The average molecular weight is 283 g/mol. The Morgan fingerprint density at radius 1 is 1.16 bits per heavy atom. The Kier molecular flexibility index (Phi) is 6.32. The topological polar surface area (TPSA) is 55.1 Å². The minimum atomic E-state index is -0.524. The third kappa shape index (κ3) is 5.21. The maximum atomic E-state index is 11.5. The van der Waals surface area contributed by atoms with E-state index in [2.05, 4.69) is 29.6 Å². The molecule has 0 aromatic heterocycles. The summed E-state index contributed by atoms with van der Waals surface area (Å²) in [5, 5.41) is 2.92. The molecule has 3 N–H and O–H groups in total. The highest BCUT2D eigenvalue weighted by molar-refractivity contribution is 5.88. The highest BCUT2D eigenvalue weighted by Crippen LogP contribution is 2.31. The van der Waals surface area contributed by atoms with Gasteiger partial charge in [-0.3, -0.25) is 4.79 Å². The summed E-state index contributed by atoms with van der Waals surface area (Å²) in [6.07, 6.45) is 6.16. The molecule has 0 unspecified atom stereocenters. The monoisotopic (exact) mass is 282 g/mol. The lowest BCUT2D eigenvalue weighted by molar-refractivity contribution is -0.123. The van der Waals surface area contributed by atoms with Crippen LogP contribution in [-0.2, 0) is 11.2 Å². The molecule has 1 fully saturated rings. The van der Waals surface area contributed by atoms with E-state index in [0.717, 1.165) is 38.6 Å². The molecule has 0 heterocycles. The Balaban J connectivity index is 0.00000180. The largest absolute Gasteiger partial charge is 0.355 e. The molecule has 0 radical (unpaired) electrons. The van der Waals surface area contributed by atoms with Crippen LogP contribution in [-0.4, -0.2) is 18.0 Å². The lowest BCUT2D eigenvalue weighted by Crippen LogP contribution is -2.42. The van der Waals surface area contributed by atoms with E-state index in [1.165, 1.54) is 12.0 Å². The fourth-order valence-corrected chi connectivity index (χ4v) is 2.02. The van der Waals surface area contributed by atoms with Crippen LogP contribution < -0.4 is 11.1 Å².